The molecule has 0 spiro atoms. The fraction of sp³-hybridized carbons (Fsp3) is 0.500. The van der Waals surface area contributed by atoms with Crippen molar-refractivity contribution in [2.75, 3.05) is 26.2 Å². The number of rotatable bonds is 2. The van der Waals surface area contributed by atoms with E-state index < -0.39 is 0 Å². The van der Waals surface area contributed by atoms with Crippen LogP contribution in [0.1, 0.15) is 17.9 Å². The molecule has 0 unspecified atom stereocenters. The van der Waals surface area contributed by atoms with Crippen LogP contribution in [0.4, 0.5) is 0 Å². The molecule has 2 aliphatic rings. The number of nitrogens with one attached hydrogen (secondary N) is 1. The highest BCUT2D eigenvalue weighted by atomic mass is 79.9. The maximum absolute atomic E-state index is 12.3. The average molecular weight is 309 g/mol. The van der Waals surface area contributed by atoms with E-state index in [2.05, 4.69) is 45.5 Å². The van der Waals surface area contributed by atoms with E-state index in [1.807, 2.05) is 4.90 Å². The van der Waals surface area contributed by atoms with E-state index in [1.165, 1.54) is 5.56 Å². The van der Waals surface area contributed by atoms with Crippen molar-refractivity contribution in [2.45, 2.75) is 12.3 Å². The third-order valence-corrected chi connectivity index (χ3v) is 4.36. The Bertz CT molecular complexity index is 440. The lowest BCUT2D eigenvalue weighted by molar-refractivity contribution is -0.133. The Morgan fingerprint density at radius 3 is 2.56 bits per heavy atom. The maximum atomic E-state index is 12.3. The first-order valence-electron chi connectivity index (χ1n) is 6.50. The Balaban J connectivity index is 1.63. The summed E-state index contributed by atoms with van der Waals surface area (Å²) < 4.78 is 1.09. The van der Waals surface area contributed by atoms with Crippen molar-refractivity contribution in [3.63, 3.8) is 0 Å². The van der Waals surface area contributed by atoms with E-state index in [0.29, 0.717) is 11.8 Å². The standard InChI is InChI=1S/C14H17BrN2O/c15-11-3-1-10(2-4-11)12-9-13(12)14(18)17-7-5-16-6-8-17/h1-4,12-13,16H,5-9H2/t12-,13-/m1/s1. The second kappa shape index (κ2) is 5.02. The zero-order chi connectivity index (χ0) is 12.5. The Morgan fingerprint density at radius 1 is 1.22 bits per heavy atom. The molecule has 1 aromatic rings. The zero-order valence-electron chi connectivity index (χ0n) is 10.2. The lowest BCUT2D eigenvalue weighted by atomic mass is 10.1. The Labute approximate surface area is 116 Å². The molecule has 0 radical (unpaired) electrons. The van der Waals surface area contributed by atoms with Crippen molar-refractivity contribution < 1.29 is 4.79 Å². The van der Waals surface area contributed by atoms with E-state index in [0.717, 1.165) is 37.1 Å². The molecule has 0 bridgehead atoms. The molecule has 3 nitrogen and oxygen atoms in total. The molecule has 18 heavy (non-hydrogen) atoms. The minimum Gasteiger partial charge on any atom is -0.340 e. The van der Waals surface area contributed by atoms with Crippen molar-refractivity contribution >= 4 is 21.8 Å². The van der Waals surface area contributed by atoms with Gasteiger partial charge in [0.2, 0.25) is 5.91 Å². The molecular weight excluding hydrogens is 292 g/mol. The fourth-order valence-electron chi connectivity index (χ4n) is 2.67. The molecule has 2 atom stereocenters. The minimum atomic E-state index is 0.226. The van der Waals surface area contributed by atoms with Gasteiger partial charge in [0.25, 0.3) is 0 Å². The number of piperazine rings is 1. The predicted molar refractivity (Wildman–Crippen MR) is 74.4 cm³/mol. The van der Waals surface area contributed by atoms with Gasteiger partial charge in [-0.15, -0.1) is 0 Å². The summed E-state index contributed by atoms with van der Waals surface area (Å²) in [5.41, 5.74) is 1.30. The first-order chi connectivity index (χ1) is 8.75. The van der Waals surface area contributed by atoms with Gasteiger partial charge in [-0.2, -0.15) is 0 Å². The summed E-state index contributed by atoms with van der Waals surface area (Å²) in [4.78, 5) is 14.3. The van der Waals surface area contributed by atoms with Gasteiger partial charge in [0.15, 0.2) is 0 Å². The van der Waals surface area contributed by atoms with Gasteiger partial charge in [0, 0.05) is 36.6 Å². The Morgan fingerprint density at radius 2 is 1.89 bits per heavy atom. The number of carbonyl (C=O) groups excluding carboxylic acids is 1. The van der Waals surface area contributed by atoms with Gasteiger partial charge in [0.1, 0.15) is 0 Å². The summed E-state index contributed by atoms with van der Waals surface area (Å²) in [5, 5.41) is 3.28. The SMILES string of the molecule is O=C([C@@H]1C[C@@H]1c1ccc(Br)cc1)N1CCNCC1. The number of hydrogen-bond acceptors (Lipinski definition) is 2. The average Bonchev–Trinajstić information content (AvgIpc) is 3.20. The van der Waals surface area contributed by atoms with Crippen LogP contribution in [0.3, 0.4) is 0 Å². The number of carbonyl (C=O) groups is 1. The molecule has 1 heterocycles. The van der Waals surface area contributed by atoms with E-state index in [-0.39, 0.29) is 5.92 Å². The minimum absolute atomic E-state index is 0.226. The summed E-state index contributed by atoms with van der Waals surface area (Å²) in [7, 11) is 0. The van der Waals surface area contributed by atoms with Gasteiger partial charge in [-0.1, -0.05) is 28.1 Å². The van der Waals surface area contributed by atoms with Crippen molar-refractivity contribution in [1.82, 2.24) is 10.2 Å². The van der Waals surface area contributed by atoms with E-state index in [4.69, 9.17) is 0 Å². The summed E-state index contributed by atoms with van der Waals surface area (Å²) in [6.45, 7) is 3.59. The van der Waals surface area contributed by atoms with Crippen LogP contribution >= 0.6 is 15.9 Å². The van der Waals surface area contributed by atoms with Gasteiger partial charge in [-0.25, -0.2) is 0 Å². The van der Waals surface area contributed by atoms with Crippen LogP contribution in [0.2, 0.25) is 0 Å². The van der Waals surface area contributed by atoms with E-state index >= 15 is 0 Å². The van der Waals surface area contributed by atoms with Crippen LogP contribution in [-0.4, -0.2) is 37.0 Å². The summed E-state index contributed by atoms with van der Waals surface area (Å²) >= 11 is 3.44. The molecule has 2 fully saturated rings. The molecule has 0 aromatic heterocycles. The van der Waals surface area contributed by atoms with E-state index in [1.54, 1.807) is 0 Å². The van der Waals surface area contributed by atoms with Crippen LogP contribution < -0.4 is 5.32 Å². The molecule has 1 aliphatic heterocycles. The summed E-state index contributed by atoms with van der Waals surface area (Å²) in [6, 6.07) is 8.36. The van der Waals surface area contributed by atoms with Crippen LogP contribution in [-0.2, 0) is 4.79 Å². The van der Waals surface area contributed by atoms with Crippen molar-refractivity contribution in [2.24, 2.45) is 5.92 Å². The number of amides is 1. The number of halogens is 1. The number of nitrogens with zero attached hydrogens (tertiary/aromatic N) is 1. The molecule has 1 saturated carbocycles. The van der Waals surface area contributed by atoms with Crippen LogP contribution in [0.25, 0.3) is 0 Å². The molecular formula is C14H17BrN2O. The third-order valence-electron chi connectivity index (χ3n) is 3.83. The van der Waals surface area contributed by atoms with Gasteiger partial charge in [0.05, 0.1) is 0 Å². The monoisotopic (exact) mass is 308 g/mol. The third kappa shape index (κ3) is 2.45. The van der Waals surface area contributed by atoms with Crippen LogP contribution in [0.5, 0.6) is 0 Å². The zero-order valence-corrected chi connectivity index (χ0v) is 11.8. The highest BCUT2D eigenvalue weighted by Crippen LogP contribution is 2.48. The fourth-order valence-corrected chi connectivity index (χ4v) is 2.93. The van der Waals surface area contributed by atoms with Crippen LogP contribution in [0, 0.1) is 5.92 Å². The molecule has 1 aromatic carbocycles. The predicted octanol–water partition coefficient (Wildman–Crippen LogP) is 1.98. The molecule has 4 heteroatoms. The highest BCUT2D eigenvalue weighted by Gasteiger charge is 2.45. The van der Waals surface area contributed by atoms with Crippen molar-refractivity contribution in [3.05, 3.63) is 34.3 Å². The lowest BCUT2D eigenvalue weighted by Crippen LogP contribution is -2.47. The molecule has 1 aliphatic carbocycles. The first-order valence-corrected chi connectivity index (χ1v) is 7.30. The van der Waals surface area contributed by atoms with Gasteiger partial charge >= 0.3 is 0 Å². The Hall–Kier alpha value is -0.870. The maximum Gasteiger partial charge on any atom is 0.226 e. The molecule has 1 saturated heterocycles. The molecule has 1 amide bonds. The quantitative estimate of drug-likeness (QED) is 0.906. The highest BCUT2D eigenvalue weighted by molar-refractivity contribution is 9.10. The lowest BCUT2D eigenvalue weighted by Gasteiger charge is -2.27. The largest absolute Gasteiger partial charge is 0.340 e. The number of benzene rings is 1. The molecule has 96 valence electrons. The topological polar surface area (TPSA) is 32.3 Å². The molecule has 3 rings (SSSR count). The second-order valence-corrected chi connectivity index (χ2v) is 5.99. The normalized spacial score (nSPS) is 27.1. The smallest absolute Gasteiger partial charge is 0.226 e. The van der Waals surface area contributed by atoms with Crippen molar-refractivity contribution in [1.29, 1.82) is 0 Å². The summed E-state index contributed by atoms with van der Waals surface area (Å²) in [5.74, 6) is 1.02. The van der Waals surface area contributed by atoms with Crippen molar-refractivity contribution in [3.8, 4) is 0 Å². The van der Waals surface area contributed by atoms with Gasteiger partial charge in [-0.05, 0) is 30.0 Å². The Kier molecular flexibility index (Phi) is 3.39. The van der Waals surface area contributed by atoms with E-state index in [9.17, 15) is 4.79 Å². The first kappa shape index (κ1) is 12.2. The summed E-state index contributed by atoms with van der Waals surface area (Å²) in [6.07, 6.45) is 1.02. The van der Waals surface area contributed by atoms with Gasteiger partial charge in [-0.3, -0.25) is 4.79 Å². The molecule has 1 N–H and O–H groups in total. The van der Waals surface area contributed by atoms with Crippen LogP contribution in [0.15, 0.2) is 28.7 Å². The second-order valence-electron chi connectivity index (χ2n) is 5.08. The van der Waals surface area contributed by atoms with Gasteiger partial charge < -0.3 is 10.2 Å². The number of hydrogen-bond donors (Lipinski definition) is 1.